The van der Waals surface area contributed by atoms with E-state index in [1.54, 1.807) is 12.1 Å². The van der Waals surface area contributed by atoms with E-state index < -0.39 is 6.09 Å². The maximum atomic E-state index is 11.2. The summed E-state index contributed by atoms with van der Waals surface area (Å²) >= 11 is 6.03. The molecule has 0 saturated heterocycles. The second-order valence-electron chi connectivity index (χ2n) is 4.89. The van der Waals surface area contributed by atoms with Gasteiger partial charge in [-0.1, -0.05) is 54.1 Å². The Hall–Kier alpha value is -2.59. The molecular weight excluding hydrogens is 300 g/mol. The average Bonchev–Trinajstić information content (AvgIpc) is 2.92. The van der Waals surface area contributed by atoms with Crippen molar-refractivity contribution in [2.75, 3.05) is 0 Å². The van der Waals surface area contributed by atoms with E-state index in [4.69, 9.17) is 16.7 Å². The summed E-state index contributed by atoms with van der Waals surface area (Å²) in [5, 5.41) is 14.0. The van der Waals surface area contributed by atoms with Gasteiger partial charge in [0, 0.05) is 23.2 Å². The average molecular weight is 313 g/mol. The van der Waals surface area contributed by atoms with E-state index in [2.05, 4.69) is 5.10 Å². The van der Waals surface area contributed by atoms with E-state index in [9.17, 15) is 4.79 Å². The Morgan fingerprint density at radius 2 is 1.91 bits per heavy atom. The summed E-state index contributed by atoms with van der Waals surface area (Å²) in [5.74, 6) is 0. The van der Waals surface area contributed by atoms with Gasteiger partial charge in [0.1, 0.15) is 0 Å². The third-order valence-electron chi connectivity index (χ3n) is 3.34. The van der Waals surface area contributed by atoms with Crippen LogP contribution in [0.25, 0.3) is 11.1 Å². The Morgan fingerprint density at radius 3 is 2.59 bits per heavy atom. The van der Waals surface area contributed by atoms with Crippen molar-refractivity contribution in [2.24, 2.45) is 0 Å². The normalized spacial score (nSPS) is 10.6. The van der Waals surface area contributed by atoms with E-state index in [0.29, 0.717) is 17.1 Å². The van der Waals surface area contributed by atoms with Crippen molar-refractivity contribution < 1.29 is 9.90 Å². The van der Waals surface area contributed by atoms with Crippen LogP contribution < -0.4 is 0 Å². The van der Waals surface area contributed by atoms with Crippen molar-refractivity contribution >= 4 is 17.7 Å². The van der Waals surface area contributed by atoms with Gasteiger partial charge < -0.3 is 5.11 Å². The number of carbonyl (C=O) groups is 1. The summed E-state index contributed by atoms with van der Waals surface area (Å²) in [6.45, 7) is 0. The Labute approximate surface area is 132 Å². The number of carboxylic acid groups (broad SMARTS) is 1. The fourth-order valence-corrected chi connectivity index (χ4v) is 2.51. The molecule has 4 nitrogen and oxygen atoms in total. The molecular formula is C17H13ClN2O2. The van der Waals surface area contributed by atoms with Crippen LogP contribution in [0, 0.1) is 0 Å². The summed E-state index contributed by atoms with van der Waals surface area (Å²) in [7, 11) is 0. The number of nitrogens with zero attached hydrogens (tertiary/aromatic N) is 2. The number of halogens is 1. The van der Waals surface area contributed by atoms with Gasteiger partial charge in [0.25, 0.3) is 0 Å². The molecule has 3 rings (SSSR count). The Bertz CT molecular complexity index is 813. The zero-order valence-electron chi connectivity index (χ0n) is 11.6. The molecule has 0 bridgehead atoms. The van der Waals surface area contributed by atoms with Gasteiger partial charge >= 0.3 is 6.09 Å². The second kappa shape index (κ2) is 6.03. The van der Waals surface area contributed by atoms with Crippen LogP contribution in [-0.2, 0) is 6.42 Å². The number of benzene rings is 2. The number of hydrogen-bond acceptors (Lipinski definition) is 2. The van der Waals surface area contributed by atoms with E-state index in [1.807, 2.05) is 42.5 Å². The molecule has 110 valence electrons. The predicted molar refractivity (Wildman–Crippen MR) is 85.3 cm³/mol. The first-order valence-corrected chi connectivity index (χ1v) is 7.13. The lowest BCUT2D eigenvalue weighted by atomic mass is 10.0. The third-order valence-corrected chi connectivity index (χ3v) is 3.57. The van der Waals surface area contributed by atoms with Crippen LogP contribution in [0.3, 0.4) is 0 Å². The summed E-state index contributed by atoms with van der Waals surface area (Å²) in [6, 6.07) is 17.1. The monoisotopic (exact) mass is 312 g/mol. The lowest BCUT2D eigenvalue weighted by Crippen LogP contribution is -2.08. The second-order valence-corrected chi connectivity index (χ2v) is 5.33. The van der Waals surface area contributed by atoms with Crippen LogP contribution in [0.4, 0.5) is 4.79 Å². The topological polar surface area (TPSA) is 55.1 Å². The lowest BCUT2D eigenvalue weighted by molar-refractivity contribution is 0.192. The van der Waals surface area contributed by atoms with Gasteiger partial charge in [-0.25, -0.2) is 4.79 Å². The van der Waals surface area contributed by atoms with Crippen LogP contribution >= 0.6 is 11.6 Å². The molecule has 2 aromatic carbocycles. The number of aromatic nitrogens is 2. The Balaban J connectivity index is 2.06. The molecule has 0 saturated carbocycles. The minimum Gasteiger partial charge on any atom is -0.463 e. The molecule has 0 amide bonds. The van der Waals surface area contributed by atoms with Crippen LogP contribution in [-0.4, -0.2) is 21.0 Å². The summed E-state index contributed by atoms with van der Waals surface area (Å²) in [4.78, 5) is 11.2. The Morgan fingerprint density at radius 1 is 1.14 bits per heavy atom. The molecule has 0 atom stereocenters. The maximum Gasteiger partial charge on any atom is 0.432 e. The molecule has 3 aromatic rings. The van der Waals surface area contributed by atoms with Crippen LogP contribution in [0.5, 0.6) is 0 Å². The number of hydrogen-bond donors (Lipinski definition) is 1. The molecule has 22 heavy (non-hydrogen) atoms. The summed E-state index contributed by atoms with van der Waals surface area (Å²) in [5.41, 5.74) is 3.40. The molecule has 1 N–H and O–H groups in total. The first-order valence-electron chi connectivity index (χ1n) is 6.75. The zero-order chi connectivity index (χ0) is 15.5. The lowest BCUT2D eigenvalue weighted by Gasteiger charge is -2.03. The smallest absolute Gasteiger partial charge is 0.432 e. The van der Waals surface area contributed by atoms with E-state index in [-0.39, 0.29) is 0 Å². The minimum absolute atomic E-state index is 0.558. The molecule has 0 aliphatic heterocycles. The standard InChI is InChI=1S/C17H13ClN2O2/c18-14-8-4-7-13(10-14)15-11-20(17(21)22)19-16(15)9-12-5-2-1-3-6-12/h1-8,10-11H,9H2,(H,21,22). The molecule has 0 spiro atoms. The highest BCUT2D eigenvalue weighted by Crippen LogP contribution is 2.27. The van der Waals surface area contributed by atoms with Gasteiger partial charge in [-0.2, -0.15) is 9.78 Å². The fourth-order valence-electron chi connectivity index (χ4n) is 2.32. The van der Waals surface area contributed by atoms with Crippen LogP contribution in [0.1, 0.15) is 11.3 Å². The van der Waals surface area contributed by atoms with E-state index in [0.717, 1.165) is 21.4 Å². The molecule has 0 unspecified atom stereocenters. The minimum atomic E-state index is -1.11. The van der Waals surface area contributed by atoms with E-state index >= 15 is 0 Å². The summed E-state index contributed by atoms with van der Waals surface area (Å²) in [6.07, 6.45) is 0.970. The highest BCUT2D eigenvalue weighted by Gasteiger charge is 2.15. The fraction of sp³-hybridized carbons (Fsp3) is 0.0588. The highest BCUT2D eigenvalue weighted by molar-refractivity contribution is 6.30. The van der Waals surface area contributed by atoms with Crippen molar-refractivity contribution in [1.82, 2.24) is 9.78 Å². The first kappa shape index (κ1) is 14.4. The third kappa shape index (κ3) is 3.02. The molecule has 0 aliphatic rings. The van der Waals surface area contributed by atoms with Crippen molar-refractivity contribution in [3.05, 3.63) is 77.1 Å². The molecule has 0 radical (unpaired) electrons. The largest absolute Gasteiger partial charge is 0.463 e. The van der Waals surface area contributed by atoms with Crippen LogP contribution in [0.15, 0.2) is 60.8 Å². The first-order chi connectivity index (χ1) is 10.6. The van der Waals surface area contributed by atoms with E-state index in [1.165, 1.54) is 6.20 Å². The van der Waals surface area contributed by atoms with Gasteiger partial charge in [0.2, 0.25) is 0 Å². The molecule has 0 fully saturated rings. The maximum absolute atomic E-state index is 11.2. The van der Waals surface area contributed by atoms with Crippen LogP contribution in [0.2, 0.25) is 5.02 Å². The Kier molecular flexibility index (Phi) is 3.94. The van der Waals surface area contributed by atoms with Crippen molar-refractivity contribution in [3.63, 3.8) is 0 Å². The van der Waals surface area contributed by atoms with Crippen molar-refractivity contribution in [2.45, 2.75) is 6.42 Å². The molecule has 1 aromatic heterocycles. The van der Waals surface area contributed by atoms with Gasteiger partial charge in [-0.3, -0.25) is 0 Å². The van der Waals surface area contributed by atoms with Gasteiger partial charge in [-0.15, -0.1) is 0 Å². The van der Waals surface area contributed by atoms with Gasteiger partial charge in [-0.05, 0) is 23.3 Å². The summed E-state index contributed by atoms with van der Waals surface area (Å²) < 4.78 is 0.939. The highest BCUT2D eigenvalue weighted by atomic mass is 35.5. The molecule has 1 heterocycles. The zero-order valence-corrected chi connectivity index (χ0v) is 12.4. The van der Waals surface area contributed by atoms with Crippen molar-refractivity contribution in [1.29, 1.82) is 0 Å². The predicted octanol–water partition coefficient (Wildman–Crippen LogP) is 4.32. The van der Waals surface area contributed by atoms with Crippen molar-refractivity contribution in [3.8, 4) is 11.1 Å². The van der Waals surface area contributed by atoms with Gasteiger partial charge in [0.15, 0.2) is 0 Å². The molecule has 5 heteroatoms. The number of rotatable bonds is 3. The molecule has 0 aliphatic carbocycles. The van der Waals surface area contributed by atoms with Gasteiger partial charge in [0.05, 0.1) is 5.69 Å². The quantitative estimate of drug-likeness (QED) is 0.783. The SMILES string of the molecule is O=C(O)n1cc(-c2cccc(Cl)c2)c(Cc2ccccc2)n1.